The molecule has 7 nitrogen and oxygen atoms in total. The lowest BCUT2D eigenvalue weighted by Gasteiger charge is -2.15. The summed E-state index contributed by atoms with van der Waals surface area (Å²) in [6, 6.07) is 3.95. The van der Waals surface area contributed by atoms with Crippen molar-refractivity contribution in [1.82, 2.24) is 4.90 Å². The fourth-order valence-corrected chi connectivity index (χ4v) is 2.02. The summed E-state index contributed by atoms with van der Waals surface area (Å²) in [5.74, 6) is -1.16. The highest BCUT2D eigenvalue weighted by molar-refractivity contribution is 6.07. The SMILES string of the molecule is COC(=O)c1cc(N)ccc1NC1CC(=O)N(C)C1=O. The summed E-state index contributed by atoms with van der Waals surface area (Å²) < 4.78 is 4.67. The number of hydrogen-bond acceptors (Lipinski definition) is 6. The Bertz CT molecular complexity index is 585. The van der Waals surface area contributed by atoms with Crippen LogP contribution in [0, 0.1) is 0 Å². The van der Waals surface area contributed by atoms with Crippen LogP contribution in [0.25, 0.3) is 0 Å². The van der Waals surface area contributed by atoms with E-state index in [0.717, 1.165) is 4.90 Å². The number of rotatable bonds is 3. The second kappa shape index (κ2) is 5.20. The monoisotopic (exact) mass is 277 g/mol. The van der Waals surface area contributed by atoms with Gasteiger partial charge in [0.05, 0.1) is 19.1 Å². The maximum absolute atomic E-state index is 11.8. The third-order valence-corrected chi connectivity index (χ3v) is 3.16. The summed E-state index contributed by atoms with van der Waals surface area (Å²) in [6.07, 6.45) is 0.0559. The van der Waals surface area contributed by atoms with Crippen LogP contribution in [0.15, 0.2) is 18.2 Å². The van der Waals surface area contributed by atoms with Gasteiger partial charge in [0.25, 0.3) is 5.91 Å². The molecule has 1 aromatic carbocycles. The van der Waals surface area contributed by atoms with Crippen LogP contribution < -0.4 is 11.1 Å². The summed E-state index contributed by atoms with van der Waals surface area (Å²) in [6.45, 7) is 0. The molecule has 2 amide bonds. The zero-order valence-corrected chi connectivity index (χ0v) is 11.2. The minimum absolute atomic E-state index is 0.0559. The van der Waals surface area contributed by atoms with E-state index in [1.807, 2.05) is 0 Å². The number of carbonyl (C=O) groups is 3. The van der Waals surface area contributed by atoms with Crippen LogP contribution in [-0.2, 0) is 14.3 Å². The van der Waals surface area contributed by atoms with E-state index in [9.17, 15) is 14.4 Å². The molecule has 0 aromatic heterocycles. The van der Waals surface area contributed by atoms with Crippen molar-refractivity contribution in [3.63, 3.8) is 0 Å². The third-order valence-electron chi connectivity index (χ3n) is 3.16. The Labute approximate surface area is 115 Å². The molecule has 106 valence electrons. The second-order valence-electron chi connectivity index (χ2n) is 4.49. The van der Waals surface area contributed by atoms with Gasteiger partial charge in [0.15, 0.2) is 0 Å². The van der Waals surface area contributed by atoms with E-state index in [1.165, 1.54) is 20.2 Å². The Hall–Kier alpha value is -2.57. The zero-order valence-electron chi connectivity index (χ0n) is 11.2. The number of nitrogens with zero attached hydrogens (tertiary/aromatic N) is 1. The number of nitrogens with two attached hydrogens (primary N) is 1. The summed E-state index contributed by atoms with van der Waals surface area (Å²) in [4.78, 5) is 36.1. The van der Waals surface area contributed by atoms with Crippen molar-refractivity contribution in [2.45, 2.75) is 12.5 Å². The van der Waals surface area contributed by atoms with Gasteiger partial charge in [0, 0.05) is 18.4 Å². The number of nitrogens with one attached hydrogen (secondary N) is 1. The van der Waals surface area contributed by atoms with Crippen LogP contribution in [0.1, 0.15) is 16.8 Å². The molecule has 7 heteroatoms. The van der Waals surface area contributed by atoms with Gasteiger partial charge in [-0.05, 0) is 18.2 Å². The average molecular weight is 277 g/mol. The number of esters is 1. The molecule has 0 spiro atoms. The average Bonchev–Trinajstić information content (AvgIpc) is 2.67. The number of carbonyl (C=O) groups excluding carboxylic acids is 3. The van der Waals surface area contributed by atoms with Crippen LogP contribution in [0.3, 0.4) is 0 Å². The highest BCUT2D eigenvalue weighted by atomic mass is 16.5. The lowest BCUT2D eigenvalue weighted by Crippen LogP contribution is -2.32. The molecule has 3 N–H and O–H groups in total. The fraction of sp³-hybridized carbons (Fsp3) is 0.308. The molecule has 20 heavy (non-hydrogen) atoms. The summed E-state index contributed by atoms with van der Waals surface area (Å²) in [7, 11) is 2.68. The first-order valence-electron chi connectivity index (χ1n) is 5.99. The predicted octanol–water partition coefficient (Wildman–Crippen LogP) is 0.225. The molecule has 2 rings (SSSR count). The number of likely N-dealkylation sites (N-methyl/N-ethyl adjacent to an activating group) is 1. The van der Waals surface area contributed by atoms with E-state index in [-0.39, 0.29) is 23.8 Å². The summed E-state index contributed by atoms with van der Waals surface area (Å²) >= 11 is 0. The van der Waals surface area contributed by atoms with E-state index >= 15 is 0 Å². The predicted molar refractivity (Wildman–Crippen MR) is 72.0 cm³/mol. The van der Waals surface area contributed by atoms with E-state index in [1.54, 1.807) is 12.1 Å². The Morgan fingerprint density at radius 2 is 2.15 bits per heavy atom. The minimum Gasteiger partial charge on any atom is -0.465 e. The van der Waals surface area contributed by atoms with Crippen molar-refractivity contribution in [2.24, 2.45) is 0 Å². The second-order valence-corrected chi connectivity index (χ2v) is 4.49. The van der Waals surface area contributed by atoms with Gasteiger partial charge in [-0.15, -0.1) is 0 Å². The molecule has 1 saturated heterocycles. The first-order chi connectivity index (χ1) is 9.43. The molecule has 1 aliphatic heterocycles. The molecule has 0 radical (unpaired) electrons. The van der Waals surface area contributed by atoms with E-state index in [4.69, 9.17) is 5.73 Å². The molecule has 1 heterocycles. The first-order valence-corrected chi connectivity index (χ1v) is 5.99. The van der Waals surface area contributed by atoms with Gasteiger partial charge in [-0.25, -0.2) is 4.79 Å². The molecule has 1 aromatic rings. The topological polar surface area (TPSA) is 102 Å². The number of ether oxygens (including phenoxy) is 1. The van der Waals surface area contributed by atoms with E-state index in [0.29, 0.717) is 11.4 Å². The molecule has 1 aliphatic rings. The number of likely N-dealkylation sites (tertiary alicyclic amines) is 1. The number of methoxy groups -OCH3 is 1. The van der Waals surface area contributed by atoms with Gasteiger partial charge in [0.1, 0.15) is 6.04 Å². The highest BCUT2D eigenvalue weighted by Crippen LogP contribution is 2.23. The van der Waals surface area contributed by atoms with E-state index in [2.05, 4.69) is 10.1 Å². The zero-order chi connectivity index (χ0) is 14.9. The molecule has 1 atom stereocenters. The number of amides is 2. The van der Waals surface area contributed by atoms with Crippen molar-refractivity contribution >= 4 is 29.2 Å². The summed E-state index contributed by atoms with van der Waals surface area (Å²) in [5.41, 5.74) is 6.67. The quantitative estimate of drug-likeness (QED) is 0.465. The molecular formula is C13H15N3O4. The molecule has 1 fully saturated rings. The molecule has 0 aliphatic carbocycles. The van der Waals surface area contributed by atoms with Crippen molar-refractivity contribution in [2.75, 3.05) is 25.2 Å². The standard InChI is InChI=1S/C13H15N3O4/c1-16-11(17)6-10(12(16)18)15-9-4-3-7(14)5-8(9)13(19)20-2/h3-5,10,15H,6,14H2,1-2H3. The highest BCUT2D eigenvalue weighted by Gasteiger charge is 2.36. The van der Waals surface area contributed by atoms with Gasteiger partial charge < -0.3 is 15.8 Å². The Morgan fingerprint density at radius 1 is 1.45 bits per heavy atom. The van der Waals surface area contributed by atoms with Crippen LogP contribution in [-0.4, -0.2) is 42.9 Å². The van der Waals surface area contributed by atoms with Crippen LogP contribution in [0.4, 0.5) is 11.4 Å². The van der Waals surface area contributed by atoms with Crippen LogP contribution in [0.5, 0.6) is 0 Å². The van der Waals surface area contributed by atoms with Crippen molar-refractivity contribution in [1.29, 1.82) is 0 Å². The van der Waals surface area contributed by atoms with Gasteiger partial charge in [-0.1, -0.05) is 0 Å². The normalized spacial score (nSPS) is 18.3. The molecule has 0 saturated carbocycles. The Balaban J connectivity index is 2.28. The third kappa shape index (κ3) is 2.42. The van der Waals surface area contributed by atoms with Crippen LogP contribution >= 0.6 is 0 Å². The van der Waals surface area contributed by atoms with Gasteiger partial charge in [-0.2, -0.15) is 0 Å². The number of anilines is 2. The van der Waals surface area contributed by atoms with Crippen molar-refractivity contribution in [3.8, 4) is 0 Å². The molecule has 0 bridgehead atoms. The largest absolute Gasteiger partial charge is 0.465 e. The van der Waals surface area contributed by atoms with Crippen LogP contribution in [0.2, 0.25) is 0 Å². The van der Waals surface area contributed by atoms with Crippen molar-refractivity contribution in [3.05, 3.63) is 23.8 Å². The number of imide groups is 1. The lowest BCUT2D eigenvalue weighted by atomic mass is 10.1. The van der Waals surface area contributed by atoms with Gasteiger partial charge in [-0.3, -0.25) is 14.5 Å². The first kappa shape index (κ1) is 13.9. The maximum Gasteiger partial charge on any atom is 0.340 e. The Morgan fingerprint density at radius 3 is 2.70 bits per heavy atom. The van der Waals surface area contributed by atoms with Crippen molar-refractivity contribution < 1.29 is 19.1 Å². The van der Waals surface area contributed by atoms with Gasteiger partial charge in [0.2, 0.25) is 5.91 Å². The lowest BCUT2D eigenvalue weighted by molar-refractivity contribution is -0.136. The molecule has 1 unspecified atom stereocenters. The summed E-state index contributed by atoms with van der Waals surface area (Å²) in [5, 5.41) is 2.89. The minimum atomic E-state index is -0.681. The Kier molecular flexibility index (Phi) is 3.60. The molecular weight excluding hydrogens is 262 g/mol. The maximum atomic E-state index is 11.8. The van der Waals surface area contributed by atoms with E-state index < -0.39 is 12.0 Å². The fourth-order valence-electron chi connectivity index (χ4n) is 2.02. The number of hydrogen-bond donors (Lipinski definition) is 2. The van der Waals surface area contributed by atoms with Gasteiger partial charge >= 0.3 is 5.97 Å². The number of nitrogen functional groups attached to an aromatic ring is 1. The number of benzene rings is 1. The smallest absolute Gasteiger partial charge is 0.340 e.